The Kier molecular flexibility index (Phi) is 4.51. The molecule has 1 aliphatic rings. The summed E-state index contributed by atoms with van der Waals surface area (Å²) in [5.41, 5.74) is 3.60. The van der Waals surface area contributed by atoms with Crippen molar-refractivity contribution >= 4 is 5.65 Å². The van der Waals surface area contributed by atoms with E-state index in [9.17, 15) is 4.79 Å². The predicted molar refractivity (Wildman–Crippen MR) is 101 cm³/mol. The molecule has 3 heterocycles. The maximum atomic E-state index is 12.2. The van der Waals surface area contributed by atoms with E-state index in [1.54, 1.807) is 13.2 Å². The number of aryl methyl sites for hydroxylation is 1. The number of rotatable bonds is 4. The van der Waals surface area contributed by atoms with Gasteiger partial charge in [-0.1, -0.05) is 24.6 Å². The Bertz CT molecular complexity index is 975. The van der Waals surface area contributed by atoms with Crippen LogP contribution in [0.3, 0.4) is 0 Å². The minimum Gasteiger partial charge on any atom is -0.496 e. The molecule has 2 aromatic heterocycles. The molecule has 6 nitrogen and oxygen atoms in total. The number of H-pyrrole nitrogens is 1. The van der Waals surface area contributed by atoms with Gasteiger partial charge in [-0.2, -0.15) is 0 Å². The zero-order valence-corrected chi connectivity index (χ0v) is 15.2. The van der Waals surface area contributed by atoms with Crippen molar-refractivity contribution in [2.24, 2.45) is 0 Å². The third-order valence-electron chi connectivity index (χ3n) is 5.14. The monoisotopic (exact) mass is 352 g/mol. The minimum atomic E-state index is -0.0640. The van der Waals surface area contributed by atoms with Crippen LogP contribution in [0.4, 0.5) is 0 Å². The molecule has 0 amide bonds. The van der Waals surface area contributed by atoms with E-state index in [-0.39, 0.29) is 11.6 Å². The summed E-state index contributed by atoms with van der Waals surface area (Å²) >= 11 is 0. The van der Waals surface area contributed by atoms with Crippen molar-refractivity contribution in [3.8, 4) is 5.75 Å². The number of ether oxygens (including phenoxy) is 1. The average Bonchev–Trinajstić information content (AvgIpc) is 3.07. The number of para-hydroxylation sites is 1. The highest BCUT2D eigenvalue weighted by atomic mass is 16.5. The lowest BCUT2D eigenvalue weighted by Crippen LogP contribution is -2.33. The van der Waals surface area contributed by atoms with Crippen molar-refractivity contribution in [2.75, 3.05) is 13.7 Å². The molecule has 0 aliphatic carbocycles. The molecule has 0 saturated carbocycles. The Morgan fingerprint density at radius 2 is 2.12 bits per heavy atom. The maximum absolute atomic E-state index is 12.2. The maximum Gasteiger partial charge on any atom is 0.272 e. The lowest BCUT2D eigenvalue weighted by atomic mass is 9.98. The van der Waals surface area contributed by atoms with Crippen molar-refractivity contribution in [1.29, 1.82) is 0 Å². The van der Waals surface area contributed by atoms with Gasteiger partial charge in [0, 0.05) is 29.9 Å². The fourth-order valence-electron chi connectivity index (χ4n) is 3.88. The van der Waals surface area contributed by atoms with Gasteiger partial charge in [0.2, 0.25) is 0 Å². The number of aromatic amines is 1. The zero-order valence-electron chi connectivity index (χ0n) is 15.2. The van der Waals surface area contributed by atoms with Gasteiger partial charge in [0.1, 0.15) is 5.75 Å². The van der Waals surface area contributed by atoms with Crippen molar-refractivity contribution in [1.82, 2.24) is 19.5 Å². The molecular formula is C20H24N4O2. The van der Waals surface area contributed by atoms with Crippen LogP contribution in [0.5, 0.6) is 5.75 Å². The molecule has 4 rings (SSSR count). The van der Waals surface area contributed by atoms with Gasteiger partial charge in [-0.05, 0) is 32.4 Å². The number of fused-ring (bicyclic) bond motifs is 1. The summed E-state index contributed by atoms with van der Waals surface area (Å²) in [5.74, 6) is 0.919. The third-order valence-corrected chi connectivity index (χ3v) is 5.14. The smallest absolute Gasteiger partial charge is 0.272 e. The largest absolute Gasteiger partial charge is 0.496 e. The summed E-state index contributed by atoms with van der Waals surface area (Å²) in [4.78, 5) is 19.2. The van der Waals surface area contributed by atoms with Gasteiger partial charge >= 0.3 is 0 Å². The molecule has 3 aromatic rings. The highest BCUT2D eigenvalue weighted by molar-refractivity contribution is 5.41. The summed E-state index contributed by atoms with van der Waals surface area (Å²) in [6.45, 7) is 3.70. The van der Waals surface area contributed by atoms with E-state index in [0.717, 1.165) is 36.6 Å². The summed E-state index contributed by atoms with van der Waals surface area (Å²) in [7, 11) is 1.71. The summed E-state index contributed by atoms with van der Waals surface area (Å²) in [6, 6.07) is 12.0. The van der Waals surface area contributed by atoms with Crippen LogP contribution in [0.15, 0.2) is 41.2 Å². The van der Waals surface area contributed by atoms with Crippen LogP contribution < -0.4 is 10.3 Å². The number of aromatic nitrogens is 3. The minimum absolute atomic E-state index is 0.0640. The van der Waals surface area contributed by atoms with Crippen molar-refractivity contribution in [2.45, 2.75) is 38.8 Å². The molecule has 0 radical (unpaired) electrons. The third kappa shape index (κ3) is 3.12. The molecule has 26 heavy (non-hydrogen) atoms. The molecule has 1 saturated heterocycles. The van der Waals surface area contributed by atoms with Crippen LogP contribution in [0, 0.1) is 6.92 Å². The lowest BCUT2D eigenvalue weighted by molar-refractivity contribution is 0.135. The highest BCUT2D eigenvalue weighted by Gasteiger charge is 2.26. The molecule has 0 spiro atoms. The van der Waals surface area contributed by atoms with Gasteiger partial charge in [0.05, 0.1) is 18.8 Å². The van der Waals surface area contributed by atoms with Gasteiger partial charge in [-0.15, -0.1) is 0 Å². The Morgan fingerprint density at radius 1 is 1.27 bits per heavy atom. The van der Waals surface area contributed by atoms with E-state index in [1.807, 2.05) is 31.2 Å². The first-order valence-corrected chi connectivity index (χ1v) is 9.11. The number of benzene rings is 1. The average molecular weight is 352 g/mol. The number of nitrogens with zero attached hydrogens (tertiary/aromatic N) is 3. The molecular weight excluding hydrogens is 328 g/mol. The molecule has 1 N–H and O–H groups in total. The van der Waals surface area contributed by atoms with E-state index < -0.39 is 0 Å². The van der Waals surface area contributed by atoms with E-state index in [1.165, 1.54) is 22.9 Å². The Balaban J connectivity index is 1.67. The number of hydrogen-bond acceptors (Lipinski definition) is 4. The standard InChI is InChI=1S/C20H24N4O2/c1-14-11-20(25)24-19(21-14)12-16(22-24)17-8-5-6-10-23(17)13-15-7-3-4-9-18(15)26-2/h3-4,7,9,11-12,17,22H,5-6,8,10,13H2,1-2H3/t17-/m1/s1. The molecule has 1 atom stereocenters. The molecule has 0 bridgehead atoms. The number of piperidine rings is 1. The Morgan fingerprint density at radius 3 is 2.96 bits per heavy atom. The Hall–Kier alpha value is -2.60. The van der Waals surface area contributed by atoms with Gasteiger partial charge in [0.15, 0.2) is 5.65 Å². The SMILES string of the molecule is COc1ccccc1CN1CCCC[C@@H]1c1cc2nc(C)cc(=O)n2[nH]1. The number of hydrogen-bond donors (Lipinski definition) is 1. The predicted octanol–water partition coefficient (Wildman–Crippen LogP) is 3.07. The van der Waals surface area contributed by atoms with Crippen LogP contribution >= 0.6 is 0 Å². The van der Waals surface area contributed by atoms with Crippen molar-refractivity contribution < 1.29 is 4.74 Å². The second kappa shape index (κ2) is 6.96. The first-order valence-electron chi connectivity index (χ1n) is 9.11. The van der Waals surface area contributed by atoms with Crippen LogP contribution in [-0.2, 0) is 6.54 Å². The Labute approximate surface area is 152 Å². The van der Waals surface area contributed by atoms with E-state index in [2.05, 4.69) is 21.0 Å². The lowest BCUT2D eigenvalue weighted by Gasteiger charge is -2.35. The second-order valence-electron chi connectivity index (χ2n) is 6.93. The van der Waals surface area contributed by atoms with E-state index >= 15 is 0 Å². The number of nitrogens with one attached hydrogen (secondary N) is 1. The first-order chi connectivity index (χ1) is 12.7. The zero-order chi connectivity index (χ0) is 18.1. The molecule has 0 unspecified atom stereocenters. The summed E-state index contributed by atoms with van der Waals surface area (Å²) in [5, 5.41) is 3.27. The normalized spacial score (nSPS) is 18.3. The van der Waals surface area contributed by atoms with Crippen molar-refractivity contribution in [3.63, 3.8) is 0 Å². The first kappa shape index (κ1) is 16.8. The van der Waals surface area contributed by atoms with Gasteiger partial charge in [-0.3, -0.25) is 14.8 Å². The van der Waals surface area contributed by atoms with Gasteiger partial charge < -0.3 is 4.74 Å². The van der Waals surface area contributed by atoms with E-state index in [4.69, 9.17) is 4.74 Å². The van der Waals surface area contributed by atoms with Crippen LogP contribution in [0.1, 0.15) is 42.3 Å². The quantitative estimate of drug-likeness (QED) is 0.784. The number of methoxy groups -OCH3 is 1. The second-order valence-corrected chi connectivity index (χ2v) is 6.93. The molecule has 1 fully saturated rings. The summed E-state index contributed by atoms with van der Waals surface area (Å²) in [6.07, 6.45) is 3.43. The number of likely N-dealkylation sites (tertiary alicyclic amines) is 1. The van der Waals surface area contributed by atoms with Gasteiger partial charge in [0.25, 0.3) is 5.56 Å². The van der Waals surface area contributed by atoms with Crippen LogP contribution in [0.2, 0.25) is 0 Å². The fraction of sp³-hybridized carbons (Fsp3) is 0.400. The van der Waals surface area contributed by atoms with Crippen LogP contribution in [0.25, 0.3) is 5.65 Å². The summed E-state index contributed by atoms with van der Waals surface area (Å²) < 4.78 is 7.05. The molecule has 6 heteroatoms. The fourth-order valence-corrected chi connectivity index (χ4v) is 3.88. The molecule has 1 aromatic carbocycles. The van der Waals surface area contributed by atoms with E-state index in [0.29, 0.717) is 5.65 Å². The van der Waals surface area contributed by atoms with Crippen molar-refractivity contribution in [3.05, 3.63) is 63.7 Å². The van der Waals surface area contributed by atoms with Gasteiger partial charge in [-0.25, -0.2) is 9.50 Å². The highest BCUT2D eigenvalue weighted by Crippen LogP contribution is 2.33. The molecule has 1 aliphatic heterocycles. The topological polar surface area (TPSA) is 62.6 Å². The molecule has 136 valence electrons. The van der Waals surface area contributed by atoms with Crippen LogP contribution in [-0.4, -0.2) is 33.2 Å².